The predicted octanol–water partition coefficient (Wildman–Crippen LogP) is 4.24. The lowest BCUT2D eigenvalue weighted by atomic mass is 9.78. The van der Waals surface area contributed by atoms with Crippen molar-refractivity contribution < 1.29 is 9.90 Å². The number of carbonyl (C=O) groups is 1. The molecule has 1 aromatic heterocycles. The number of amides is 1. The average Bonchev–Trinajstić information content (AvgIpc) is 3.25. The van der Waals surface area contributed by atoms with Gasteiger partial charge in [0.05, 0.1) is 12.0 Å². The summed E-state index contributed by atoms with van der Waals surface area (Å²) in [4.78, 5) is 13.9. The first kappa shape index (κ1) is 17.5. The molecule has 2 N–H and O–H groups in total. The molecule has 24 heavy (non-hydrogen) atoms. The molecule has 1 fully saturated rings. The van der Waals surface area contributed by atoms with Crippen LogP contribution in [0.3, 0.4) is 0 Å². The number of carbonyl (C=O) groups excluding carboxylic acids is 1. The first-order chi connectivity index (χ1) is 11.4. The van der Waals surface area contributed by atoms with Crippen LogP contribution in [-0.4, -0.2) is 17.6 Å². The van der Waals surface area contributed by atoms with Crippen LogP contribution in [0.15, 0.2) is 41.8 Å². The normalized spacial score (nSPS) is 19.0. The van der Waals surface area contributed by atoms with Crippen LogP contribution < -0.4 is 5.32 Å². The Morgan fingerprint density at radius 3 is 2.54 bits per heavy atom. The van der Waals surface area contributed by atoms with E-state index in [4.69, 9.17) is 11.6 Å². The molecule has 0 radical (unpaired) electrons. The molecule has 128 valence electrons. The molecule has 0 bridgehead atoms. The van der Waals surface area contributed by atoms with Gasteiger partial charge in [-0.3, -0.25) is 4.79 Å². The van der Waals surface area contributed by atoms with Crippen LogP contribution >= 0.6 is 22.9 Å². The monoisotopic (exact) mass is 363 g/mol. The highest BCUT2D eigenvalue weighted by Crippen LogP contribution is 2.41. The van der Waals surface area contributed by atoms with E-state index >= 15 is 0 Å². The maximum absolute atomic E-state index is 13.0. The number of halogens is 1. The van der Waals surface area contributed by atoms with E-state index in [-0.39, 0.29) is 12.5 Å². The Morgan fingerprint density at radius 1 is 1.29 bits per heavy atom. The van der Waals surface area contributed by atoms with Gasteiger partial charge in [-0.15, -0.1) is 11.3 Å². The fourth-order valence-corrected chi connectivity index (χ4v) is 4.40. The van der Waals surface area contributed by atoms with Crippen LogP contribution in [0, 0.1) is 0 Å². The van der Waals surface area contributed by atoms with Gasteiger partial charge in [-0.1, -0.05) is 42.6 Å². The fraction of sp³-hybridized carbons (Fsp3) is 0.421. The molecule has 3 nitrogen and oxygen atoms in total. The summed E-state index contributed by atoms with van der Waals surface area (Å²) in [5, 5.41) is 16.2. The van der Waals surface area contributed by atoms with Crippen LogP contribution in [0.4, 0.5) is 0 Å². The summed E-state index contributed by atoms with van der Waals surface area (Å²) in [6.07, 6.45) is 3.75. The van der Waals surface area contributed by atoms with E-state index in [9.17, 15) is 9.90 Å². The Balaban J connectivity index is 1.77. The van der Waals surface area contributed by atoms with Gasteiger partial charge in [0.15, 0.2) is 0 Å². The molecule has 1 aliphatic carbocycles. The van der Waals surface area contributed by atoms with Gasteiger partial charge in [0, 0.05) is 9.90 Å². The number of rotatable bonds is 5. The molecule has 2 aromatic rings. The molecule has 1 aromatic carbocycles. The molecule has 1 amide bonds. The van der Waals surface area contributed by atoms with Gasteiger partial charge in [0.25, 0.3) is 0 Å². The summed E-state index contributed by atoms with van der Waals surface area (Å²) in [6, 6.07) is 11.4. The highest BCUT2D eigenvalue weighted by Gasteiger charge is 2.43. The number of hydrogen-bond donors (Lipinski definition) is 2. The van der Waals surface area contributed by atoms with Crippen molar-refractivity contribution in [3.05, 3.63) is 57.2 Å². The smallest absolute Gasteiger partial charge is 0.230 e. The molecule has 1 saturated carbocycles. The first-order valence-corrected chi connectivity index (χ1v) is 9.51. The summed E-state index contributed by atoms with van der Waals surface area (Å²) in [6.45, 7) is 1.95. The zero-order valence-electron chi connectivity index (χ0n) is 13.7. The van der Waals surface area contributed by atoms with Crippen molar-refractivity contribution in [2.24, 2.45) is 0 Å². The Morgan fingerprint density at radius 2 is 1.96 bits per heavy atom. The highest BCUT2D eigenvalue weighted by atomic mass is 35.5. The Labute approximate surface area is 151 Å². The van der Waals surface area contributed by atoms with Crippen LogP contribution in [0.25, 0.3) is 0 Å². The number of aliphatic hydroxyl groups is 1. The van der Waals surface area contributed by atoms with Crippen LogP contribution in [-0.2, 0) is 15.8 Å². The second-order valence-corrected chi connectivity index (χ2v) is 8.11. The van der Waals surface area contributed by atoms with Gasteiger partial charge in [-0.05, 0) is 48.9 Å². The topological polar surface area (TPSA) is 49.3 Å². The highest BCUT2D eigenvalue weighted by molar-refractivity contribution is 7.10. The second-order valence-electron chi connectivity index (χ2n) is 6.73. The van der Waals surface area contributed by atoms with Crippen molar-refractivity contribution in [3.8, 4) is 0 Å². The van der Waals surface area contributed by atoms with E-state index in [1.54, 1.807) is 6.92 Å². The maximum atomic E-state index is 13.0. The molecule has 0 spiro atoms. The summed E-state index contributed by atoms with van der Waals surface area (Å²) in [5.41, 5.74) is -0.544. The predicted molar refractivity (Wildman–Crippen MR) is 98.5 cm³/mol. The van der Waals surface area contributed by atoms with Crippen molar-refractivity contribution >= 4 is 28.8 Å². The van der Waals surface area contributed by atoms with E-state index in [1.807, 2.05) is 41.8 Å². The summed E-state index contributed by atoms with van der Waals surface area (Å²) < 4.78 is 0. The third-order valence-electron chi connectivity index (χ3n) is 4.93. The lowest BCUT2D eigenvalue weighted by Gasteiger charge is -2.31. The summed E-state index contributed by atoms with van der Waals surface area (Å²) in [5.74, 6) is -0.000784. The van der Waals surface area contributed by atoms with E-state index in [1.165, 1.54) is 11.3 Å². The largest absolute Gasteiger partial charge is 0.383 e. The minimum absolute atomic E-state index is 0.000784. The van der Waals surface area contributed by atoms with Crippen molar-refractivity contribution in [1.29, 1.82) is 0 Å². The van der Waals surface area contributed by atoms with E-state index < -0.39 is 11.0 Å². The third-order valence-corrected chi connectivity index (χ3v) is 6.31. The SMILES string of the molecule is C[C@](O)(CNC(=O)C1(c2ccc(Cl)cc2)CCCC1)c1cccs1. The van der Waals surface area contributed by atoms with Crippen molar-refractivity contribution in [3.63, 3.8) is 0 Å². The number of benzene rings is 1. The number of hydrogen-bond acceptors (Lipinski definition) is 3. The van der Waals surface area contributed by atoms with Gasteiger partial charge >= 0.3 is 0 Å². The molecule has 0 unspecified atom stereocenters. The number of nitrogens with one attached hydrogen (secondary N) is 1. The van der Waals surface area contributed by atoms with Crippen LogP contribution in [0.2, 0.25) is 5.02 Å². The Kier molecular flexibility index (Phi) is 5.00. The standard InChI is InChI=1S/C19H22ClNO2S/c1-18(23,16-5-4-12-24-16)13-21-17(22)19(10-2-3-11-19)14-6-8-15(20)9-7-14/h4-9,12,23H,2-3,10-11,13H2,1H3,(H,21,22)/t18-/m0/s1. The molecule has 5 heteroatoms. The van der Waals surface area contributed by atoms with Gasteiger partial charge in [0.2, 0.25) is 5.91 Å². The first-order valence-electron chi connectivity index (χ1n) is 8.25. The summed E-state index contributed by atoms with van der Waals surface area (Å²) in [7, 11) is 0. The van der Waals surface area contributed by atoms with E-state index in [2.05, 4.69) is 5.32 Å². The molecule has 0 saturated heterocycles. The lowest BCUT2D eigenvalue weighted by molar-refractivity contribution is -0.127. The molecule has 1 atom stereocenters. The Bertz CT molecular complexity index is 689. The lowest BCUT2D eigenvalue weighted by Crippen LogP contribution is -2.47. The quantitative estimate of drug-likeness (QED) is 0.834. The Hall–Kier alpha value is -1.36. The van der Waals surface area contributed by atoms with Crippen LogP contribution in [0.5, 0.6) is 0 Å². The van der Waals surface area contributed by atoms with Crippen molar-refractivity contribution in [2.75, 3.05) is 6.54 Å². The van der Waals surface area contributed by atoms with Gasteiger partial charge in [-0.25, -0.2) is 0 Å². The van der Waals surface area contributed by atoms with Gasteiger partial charge < -0.3 is 10.4 Å². The summed E-state index contributed by atoms with van der Waals surface area (Å²) >= 11 is 7.48. The van der Waals surface area contributed by atoms with E-state index in [0.29, 0.717) is 5.02 Å². The molecule has 1 heterocycles. The molecule has 1 aliphatic rings. The van der Waals surface area contributed by atoms with Crippen molar-refractivity contribution in [2.45, 2.75) is 43.6 Å². The molecular weight excluding hydrogens is 342 g/mol. The minimum atomic E-state index is -1.05. The van der Waals surface area contributed by atoms with E-state index in [0.717, 1.165) is 36.1 Å². The van der Waals surface area contributed by atoms with Gasteiger partial charge in [-0.2, -0.15) is 0 Å². The molecule has 0 aliphatic heterocycles. The fourth-order valence-electron chi connectivity index (χ4n) is 3.49. The van der Waals surface area contributed by atoms with Crippen LogP contribution in [0.1, 0.15) is 43.0 Å². The molecular formula is C19H22ClNO2S. The zero-order valence-corrected chi connectivity index (χ0v) is 15.3. The van der Waals surface area contributed by atoms with Crippen molar-refractivity contribution in [1.82, 2.24) is 5.32 Å². The average molecular weight is 364 g/mol. The zero-order chi connectivity index (χ0) is 17.2. The second kappa shape index (κ2) is 6.87. The maximum Gasteiger partial charge on any atom is 0.230 e. The molecule has 3 rings (SSSR count). The number of thiophene rings is 1. The van der Waals surface area contributed by atoms with Gasteiger partial charge in [0.1, 0.15) is 5.60 Å². The third kappa shape index (κ3) is 3.37. The minimum Gasteiger partial charge on any atom is -0.383 e.